The molecular weight excluding hydrogens is 296 g/mol. The van der Waals surface area contributed by atoms with E-state index in [0.717, 1.165) is 0 Å². The number of halogens is 3. The van der Waals surface area contributed by atoms with Crippen LogP contribution in [0.25, 0.3) is 0 Å². The lowest BCUT2D eigenvalue weighted by molar-refractivity contribution is 0.546. The van der Waals surface area contributed by atoms with Crippen molar-refractivity contribution in [3.05, 3.63) is 63.9 Å². The van der Waals surface area contributed by atoms with Gasteiger partial charge < -0.3 is 5.32 Å². The molecule has 0 bridgehead atoms. The average Bonchev–Trinajstić information content (AvgIpc) is 2.42. The highest BCUT2D eigenvalue weighted by atomic mass is 35.5. The first-order valence-electron chi connectivity index (χ1n) is 6.45. The zero-order valence-electron chi connectivity index (χ0n) is 11.3. The van der Waals surface area contributed by atoms with Crippen molar-refractivity contribution in [2.75, 3.05) is 5.32 Å². The van der Waals surface area contributed by atoms with Gasteiger partial charge >= 0.3 is 0 Å². The Labute approximate surface area is 128 Å². The number of anilines is 1. The van der Waals surface area contributed by atoms with Crippen LogP contribution in [0.4, 0.5) is 10.1 Å². The van der Waals surface area contributed by atoms with Crippen LogP contribution in [0.2, 0.25) is 10.0 Å². The monoisotopic (exact) mass is 311 g/mol. The third-order valence-corrected chi connectivity index (χ3v) is 3.68. The van der Waals surface area contributed by atoms with Gasteiger partial charge in [-0.15, -0.1) is 0 Å². The average molecular weight is 312 g/mol. The van der Waals surface area contributed by atoms with Gasteiger partial charge in [-0.2, -0.15) is 0 Å². The molecule has 4 heteroatoms. The standard InChI is InChI=1S/C16H16Cl2FN/c1-10(2)16(11-6-4-3-5-7-11)20-12-8-13(17)15(19)14(18)9-12/h3-10,16,20H,1-2H3. The molecule has 0 aliphatic heterocycles. The maximum Gasteiger partial charge on any atom is 0.160 e. The fraction of sp³-hybridized carbons (Fsp3) is 0.250. The highest BCUT2D eigenvalue weighted by molar-refractivity contribution is 6.35. The van der Waals surface area contributed by atoms with Crippen molar-refractivity contribution in [3.8, 4) is 0 Å². The van der Waals surface area contributed by atoms with Crippen molar-refractivity contribution in [2.24, 2.45) is 5.92 Å². The number of hydrogen-bond acceptors (Lipinski definition) is 1. The van der Waals surface area contributed by atoms with Crippen LogP contribution < -0.4 is 5.32 Å². The SMILES string of the molecule is CC(C)C(Nc1cc(Cl)c(F)c(Cl)c1)c1ccccc1. The molecule has 0 saturated carbocycles. The quantitative estimate of drug-likeness (QED) is 0.689. The van der Waals surface area contributed by atoms with Crippen molar-refractivity contribution < 1.29 is 4.39 Å². The predicted molar refractivity (Wildman–Crippen MR) is 84.1 cm³/mol. The second kappa shape index (κ2) is 6.47. The van der Waals surface area contributed by atoms with Gasteiger partial charge in [0.15, 0.2) is 5.82 Å². The molecule has 2 rings (SSSR count). The largest absolute Gasteiger partial charge is 0.378 e. The Hall–Kier alpha value is -1.25. The van der Waals surface area contributed by atoms with Crippen LogP contribution in [0.1, 0.15) is 25.5 Å². The summed E-state index contributed by atoms with van der Waals surface area (Å²) in [6.45, 7) is 4.24. The van der Waals surface area contributed by atoms with Gasteiger partial charge in [-0.25, -0.2) is 4.39 Å². The minimum Gasteiger partial charge on any atom is -0.378 e. The lowest BCUT2D eigenvalue weighted by atomic mass is 9.96. The van der Waals surface area contributed by atoms with Gasteiger partial charge in [-0.3, -0.25) is 0 Å². The van der Waals surface area contributed by atoms with E-state index in [0.29, 0.717) is 11.6 Å². The van der Waals surface area contributed by atoms with E-state index in [1.165, 1.54) is 5.56 Å². The van der Waals surface area contributed by atoms with Gasteiger partial charge in [-0.05, 0) is 23.6 Å². The molecule has 0 saturated heterocycles. The molecule has 1 nitrogen and oxygen atoms in total. The summed E-state index contributed by atoms with van der Waals surface area (Å²) in [5.41, 5.74) is 1.88. The van der Waals surface area contributed by atoms with Crippen molar-refractivity contribution in [1.29, 1.82) is 0 Å². The van der Waals surface area contributed by atoms with Crippen molar-refractivity contribution in [3.63, 3.8) is 0 Å². The molecule has 0 aliphatic carbocycles. The van der Waals surface area contributed by atoms with Crippen molar-refractivity contribution in [1.82, 2.24) is 0 Å². The summed E-state index contributed by atoms with van der Waals surface area (Å²) in [5, 5.41) is 3.42. The van der Waals surface area contributed by atoms with E-state index >= 15 is 0 Å². The second-order valence-corrected chi connectivity index (χ2v) is 5.84. The molecule has 106 valence electrons. The molecular formula is C16H16Cl2FN. The molecule has 1 N–H and O–H groups in total. The minimum atomic E-state index is -0.584. The van der Waals surface area contributed by atoms with Crippen LogP contribution in [-0.2, 0) is 0 Å². The van der Waals surface area contributed by atoms with Crippen molar-refractivity contribution >= 4 is 28.9 Å². The van der Waals surface area contributed by atoms with Crippen LogP contribution in [0, 0.1) is 11.7 Å². The summed E-state index contributed by atoms with van der Waals surface area (Å²) in [5.74, 6) is -0.223. The van der Waals surface area contributed by atoms with Crippen LogP contribution in [0.5, 0.6) is 0 Å². The molecule has 0 heterocycles. The summed E-state index contributed by atoms with van der Waals surface area (Å²) in [6, 6.07) is 13.3. The van der Waals surface area contributed by atoms with Gasteiger partial charge in [0.05, 0.1) is 16.1 Å². The Kier molecular flexibility index (Phi) is 4.90. The van der Waals surface area contributed by atoms with E-state index in [2.05, 4.69) is 31.3 Å². The number of hydrogen-bond donors (Lipinski definition) is 1. The zero-order chi connectivity index (χ0) is 14.7. The molecule has 20 heavy (non-hydrogen) atoms. The Morgan fingerprint density at radius 1 is 1.00 bits per heavy atom. The molecule has 0 spiro atoms. The molecule has 2 aromatic rings. The van der Waals surface area contributed by atoms with E-state index in [1.54, 1.807) is 12.1 Å². The maximum atomic E-state index is 13.4. The van der Waals surface area contributed by atoms with Gasteiger partial charge in [0.1, 0.15) is 0 Å². The molecule has 1 atom stereocenters. The summed E-state index contributed by atoms with van der Waals surface area (Å²) >= 11 is 11.7. The second-order valence-electron chi connectivity index (χ2n) is 5.03. The zero-order valence-corrected chi connectivity index (χ0v) is 12.8. The molecule has 0 radical (unpaired) electrons. The Morgan fingerprint density at radius 3 is 2.05 bits per heavy atom. The molecule has 0 fully saturated rings. The summed E-state index contributed by atoms with van der Waals surface area (Å²) in [7, 11) is 0. The fourth-order valence-electron chi connectivity index (χ4n) is 2.11. The highest BCUT2D eigenvalue weighted by Gasteiger charge is 2.16. The fourth-order valence-corrected chi connectivity index (χ4v) is 2.60. The molecule has 0 aliphatic rings. The predicted octanol–water partition coefficient (Wildman–Crippen LogP) is 5.94. The third kappa shape index (κ3) is 3.44. The van der Waals surface area contributed by atoms with Gasteiger partial charge in [0, 0.05) is 5.69 Å². The van der Waals surface area contributed by atoms with Crippen LogP contribution >= 0.6 is 23.2 Å². The molecule has 0 amide bonds. The first kappa shape index (κ1) is 15.1. The van der Waals surface area contributed by atoms with Crippen LogP contribution in [-0.4, -0.2) is 0 Å². The van der Waals surface area contributed by atoms with E-state index in [9.17, 15) is 4.39 Å². The number of benzene rings is 2. The van der Waals surface area contributed by atoms with E-state index in [4.69, 9.17) is 23.2 Å². The maximum absolute atomic E-state index is 13.4. The third-order valence-electron chi connectivity index (χ3n) is 3.13. The molecule has 1 unspecified atom stereocenters. The summed E-state index contributed by atoms with van der Waals surface area (Å²) < 4.78 is 13.4. The lowest BCUT2D eigenvalue weighted by Gasteiger charge is -2.24. The van der Waals surface area contributed by atoms with E-state index in [-0.39, 0.29) is 16.1 Å². The smallest absolute Gasteiger partial charge is 0.160 e. The van der Waals surface area contributed by atoms with E-state index < -0.39 is 5.82 Å². The number of rotatable bonds is 4. The van der Waals surface area contributed by atoms with Crippen LogP contribution in [0.3, 0.4) is 0 Å². The van der Waals surface area contributed by atoms with Gasteiger partial charge in [0.2, 0.25) is 0 Å². The summed E-state index contributed by atoms with van der Waals surface area (Å²) in [4.78, 5) is 0. The summed E-state index contributed by atoms with van der Waals surface area (Å²) in [6.07, 6.45) is 0. The normalized spacial score (nSPS) is 12.5. The Morgan fingerprint density at radius 2 is 1.55 bits per heavy atom. The van der Waals surface area contributed by atoms with Gasteiger partial charge in [0.25, 0.3) is 0 Å². The van der Waals surface area contributed by atoms with Crippen molar-refractivity contribution in [2.45, 2.75) is 19.9 Å². The van der Waals surface area contributed by atoms with Gasteiger partial charge in [-0.1, -0.05) is 67.4 Å². The Balaban J connectivity index is 2.30. The van der Waals surface area contributed by atoms with Crippen LogP contribution in [0.15, 0.2) is 42.5 Å². The number of nitrogens with one attached hydrogen (secondary N) is 1. The first-order chi connectivity index (χ1) is 9.49. The molecule has 2 aromatic carbocycles. The Bertz CT molecular complexity index is 561. The topological polar surface area (TPSA) is 12.0 Å². The minimum absolute atomic E-state index is 0.0237. The lowest BCUT2D eigenvalue weighted by Crippen LogP contribution is -2.16. The highest BCUT2D eigenvalue weighted by Crippen LogP contribution is 2.31. The van der Waals surface area contributed by atoms with E-state index in [1.807, 2.05) is 18.2 Å². The first-order valence-corrected chi connectivity index (χ1v) is 7.20. The molecule has 0 aromatic heterocycles.